The van der Waals surface area contributed by atoms with Crippen LogP contribution in [-0.2, 0) is 6.54 Å². The van der Waals surface area contributed by atoms with E-state index in [4.69, 9.17) is 0 Å². The van der Waals surface area contributed by atoms with Crippen LogP contribution in [0.25, 0.3) is 0 Å². The number of pyridine rings is 1. The van der Waals surface area contributed by atoms with Gasteiger partial charge in [-0.15, -0.1) is 0 Å². The third kappa shape index (κ3) is 4.27. The van der Waals surface area contributed by atoms with Gasteiger partial charge in [0, 0.05) is 30.9 Å². The molecule has 1 atom stereocenters. The van der Waals surface area contributed by atoms with Crippen LogP contribution >= 0.6 is 0 Å². The van der Waals surface area contributed by atoms with Crippen molar-refractivity contribution in [1.82, 2.24) is 10.3 Å². The van der Waals surface area contributed by atoms with Crippen molar-refractivity contribution in [2.75, 3.05) is 18.6 Å². The van der Waals surface area contributed by atoms with E-state index in [1.807, 2.05) is 24.9 Å². The third-order valence-corrected chi connectivity index (χ3v) is 2.94. The molecular formula is C14H25N3O. The van der Waals surface area contributed by atoms with Crippen LogP contribution in [-0.4, -0.2) is 35.3 Å². The first-order valence-electron chi connectivity index (χ1n) is 6.38. The van der Waals surface area contributed by atoms with Crippen molar-refractivity contribution in [3.63, 3.8) is 0 Å². The summed E-state index contributed by atoms with van der Waals surface area (Å²) in [7, 11) is 1.96. The van der Waals surface area contributed by atoms with Crippen LogP contribution in [0.5, 0.6) is 0 Å². The topological polar surface area (TPSA) is 48.4 Å². The molecule has 2 N–H and O–H groups in total. The third-order valence-electron chi connectivity index (χ3n) is 2.94. The second-order valence-corrected chi connectivity index (χ2v) is 5.73. The molecule has 4 heteroatoms. The molecule has 1 aromatic rings. The zero-order valence-electron chi connectivity index (χ0n) is 12.1. The van der Waals surface area contributed by atoms with Gasteiger partial charge in [-0.05, 0) is 33.8 Å². The molecule has 1 heterocycles. The van der Waals surface area contributed by atoms with E-state index in [1.165, 1.54) is 0 Å². The second-order valence-electron chi connectivity index (χ2n) is 5.73. The van der Waals surface area contributed by atoms with E-state index in [1.54, 1.807) is 6.20 Å². The number of aliphatic hydroxyl groups excluding tert-OH is 1. The molecule has 0 bridgehead atoms. The Hall–Kier alpha value is -1.13. The van der Waals surface area contributed by atoms with Crippen molar-refractivity contribution in [3.8, 4) is 0 Å². The van der Waals surface area contributed by atoms with Crippen LogP contribution < -0.4 is 10.2 Å². The molecule has 0 aromatic carbocycles. The molecule has 0 amide bonds. The lowest BCUT2D eigenvalue weighted by molar-refractivity contribution is 0.269. The van der Waals surface area contributed by atoms with Gasteiger partial charge in [-0.1, -0.05) is 6.07 Å². The average molecular weight is 251 g/mol. The number of nitrogens with one attached hydrogen (secondary N) is 1. The number of rotatable bonds is 5. The molecule has 0 radical (unpaired) electrons. The van der Waals surface area contributed by atoms with Gasteiger partial charge in [0.25, 0.3) is 0 Å². The number of hydrogen-bond donors (Lipinski definition) is 2. The van der Waals surface area contributed by atoms with Gasteiger partial charge in [0.2, 0.25) is 0 Å². The quantitative estimate of drug-likeness (QED) is 0.837. The van der Waals surface area contributed by atoms with E-state index >= 15 is 0 Å². The Morgan fingerprint density at radius 3 is 2.67 bits per heavy atom. The molecule has 0 spiro atoms. The van der Waals surface area contributed by atoms with Crippen molar-refractivity contribution < 1.29 is 5.11 Å². The Kier molecular flexibility index (Phi) is 5.11. The molecule has 1 aromatic heterocycles. The second kappa shape index (κ2) is 6.16. The van der Waals surface area contributed by atoms with Gasteiger partial charge in [0.05, 0.1) is 12.6 Å². The minimum absolute atomic E-state index is 0.0632. The van der Waals surface area contributed by atoms with E-state index in [9.17, 15) is 5.11 Å². The van der Waals surface area contributed by atoms with Crippen molar-refractivity contribution in [1.29, 1.82) is 0 Å². The summed E-state index contributed by atoms with van der Waals surface area (Å²) in [6, 6.07) is 4.08. The summed E-state index contributed by atoms with van der Waals surface area (Å²) in [5, 5.41) is 12.7. The van der Waals surface area contributed by atoms with Crippen molar-refractivity contribution in [3.05, 3.63) is 23.9 Å². The molecule has 0 saturated carbocycles. The van der Waals surface area contributed by atoms with Crippen LogP contribution in [0.15, 0.2) is 18.3 Å². The SMILES string of the molecule is CC(CO)N(C)c1ncccc1CNC(C)(C)C. The number of nitrogens with zero attached hydrogens (tertiary/aromatic N) is 2. The molecule has 4 nitrogen and oxygen atoms in total. The summed E-state index contributed by atoms with van der Waals surface area (Å²) in [5.74, 6) is 0.927. The predicted molar refractivity (Wildman–Crippen MR) is 75.8 cm³/mol. The molecule has 102 valence electrons. The van der Waals surface area contributed by atoms with Gasteiger partial charge in [-0.25, -0.2) is 4.98 Å². The molecule has 1 unspecified atom stereocenters. The highest BCUT2D eigenvalue weighted by atomic mass is 16.3. The van der Waals surface area contributed by atoms with Crippen LogP contribution in [0, 0.1) is 0 Å². The van der Waals surface area contributed by atoms with E-state index < -0.39 is 0 Å². The lowest BCUT2D eigenvalue weighted by atomic mass is 10.1. The Bertz CT molecular complexity index is 374. The van der Waals surface area contributed by atoms with E-state index in [2.05, 4.69) is 37.1 Å². The van der Waals surface area contributed by atoms with Gasteiger partial charge in [-0.3, -0.25) is 0 Å². The Labute approximate surface area is 110 Å². The number of aromatic nitrogens is 1. The van der Waals surface area contributed by atoms with Crippen LogP contribution in [0.4, 0.5) is 5.82 Å². The van der Waals surface area contributed by atoms with E-state index in [0.29, 0.717) is 0 Å². The smallest absolute Gasteiger partial charge is 0.133 e. The fourth-order valence-electron chi connectivity index (χ4n) is 1.58. The molecular weight excluding hydrogens is 226 g/mol. The van der Waals surface area contributed by atoms with E-state index in [0.717, 1.165) is 17.9 Å². The van der Waals surface area contributed by atoms with Gasteiger partial charge in [0.1, 0.15) is 5.82 Å². The van der Waals surface area contributed by atoms with Gasteiger partial charge in [0.15, 0.2) is 0 Å². The van der Waals surface area contributed by atoms with Crippen LogP contribution in [0.3, 0.4) is 0 Å². The fraction of sp³-hybridized carbons (Fsp3) is 0.643. The fourth-order valence-corrected chi connectivity index (χ4v) is 1.58. The monoisotopic (exact) mass is 251 g/mol. The summed E-state index contributed by atoms with van der Waals surface area (Å²) in [6.45, 7) is 9.30. The van der Waals surface area contributed by atoms with Crippen LogP contribution in [0.2, 0.25) is 0 Å². The normalized spacial score (nSPS) is 13.4. The highest BCUT2D eigenvalue weighted by Crippen LogP contribution is 2.18. The summed E-state index contributed by atoms with van der Waals surface area (Å²) in [4.78, 5) is 6.44. The number of anilines is 1. The minimum Gasteiger partial charge on any atom is -0.394 e. The summed E-state index contributed by atoms with van der Waals surface area (Å²) in [5.41, 5.74) is 1.23. The molecule has 0 aliphatic rings. The largest absolute Gasteiger partial charge is 0.394 e. The number of likely N-dealkylation sites (N-methyl/N-ethyl adjacent to an activating group) is 1. The summed E-state index contributed by atoms with van der Waals surface area (Å²) < 4.78 is 0. The standard InChI is InChI=1S/C14H25N3O/c1-11(10-18)17(5)13-12(7-6-8-15-13)9-16-14(2,3)4/h6-8,11,16,18H,9-10H2,1-5H3. The molecule has 1 rings (SSSR count). The van der Waals surface area contributed by atoms with Crippen molar-refractivity contribution >= 4 is 5.82 Å². The molecule has 0 saturated heterocycles. The first-order valence-corrected chi connectivity index (χ1v) is 6.38. The lowest BCUT2D eigenvalue weighted by Gasteiger charge is -2.28. The maximum absolute atomic E-state index is 9.23. The maximum atomic E-state index is 9.23. The first kappa shape index (κ1) is 14.9. The molecule has 0 aliphatic carbocycles. The average Bonchev–Trinajstić information content (AvgIpc) is 2.34. The number of aliphatic hydroxyl groups is 1. The van der Waals surface area contributed by atoms with Gasteiger partial charge >= 0.3 is 0 Å². The minimum atomic E-state index is 0.0632. The van der Waals surface area contributed by atoms with Gasteiger partial charge < -0.3 is 15.3 Å². The Balaban J connectivity index is 2.86. The zero-order chi connectivity index (χ0) is 13.8. The van der Waals surface area contributed by atoms with Crippen molar-refractivity contribution in [2.45, 2.75) is 45.8 Å². The lowest BCUT2D eigenvalue weighted by Crippen LogP contribution is -2.37. The zero-order valence-corrected chi connectivity index (χ0v) is 12.1. The Morgan fingerprint density at radius 2 is 2.11 bits per heavy atom. The first-order chi connectivity index (χ1) is 8.35. The van der Waals surface area contributed by atoms with Gasteiger partial charge in [-0.2, -0.15) is 0 Å². The van der Waals surface area contributed by atoms with E-state index in [-0.39, 0.29) is 18.2 Å². The van der Waals surface area contributed by atoms with Crippen molar-refractivity contribution in [2.24, 2.45) is 0 Å². The highest BCUT2D eigenvalue weighted by Gasteiger charge is 2.15. The predicted octanol–water partition coefficient (Wildman–Crippen LogP) is 1.79. The molecule has 0 aliphatic heterocycles. The Morgan fingerprint density at radius 1 is 1.44 bits per heavy atom. The maximum Gasteiger partial charge on any atom is 0.133 e. The summed E-state index contributed by atoms with van der Waals surface area (Å²) >= 11 is 0. The molecule has 18 heavy (non-hydrogen) atoms. The highest BCUT2D eigenvalue weighted by molar-refractivity contribution is 5.46. The summed E-state index contributed by atoms with van der Waals surface area (Å²) in [6.07, 6.45) is 1.79. The number of hydrogen-bond acceptors (Lipinski definition) is 4. The van der Waals surface area contributed by atoms with Crippen LogP contribution in [0.1, 0.15) is 33.3 Å². The molecule has 0 fully saturated rings.